The van der Waals surface area contributed by atoms with E-state index in [1.807, 2.05) is 0 Å². The van der Waals surface area contributed by atoms with E-state index in [4.69, 9.17) is 4.99 Å². The van der Waals surface area contributed by atoms with Crippen molar-refractivity contribution in [2.24, 2.45) is 4.99 Å². The van der Waals surface area contributed by atoms with E-state index in [1.54, 1.807) is 0 Å². The largest absolute Gasteiger partial charge is 0.357 e. The summed E-state index contributed by atoms with van der Waals surface area (Å²) in [7, 11) is 0. The number of halogens is 1. The highest BCUT2D eigenvalue weighted by Crippen LogP contribution is 2.20. The molecule has 0 aromatic heterocycles. The first-order valence-corrected chi connectivity index (χ1v) is 7.87. The normalized spacial score (nSPS) is 17.5. The van der Waals surface area contributed by atoms with E-state index in [9.17, 15) is 0 Å². The third kappa shape index (κ3) is 7.11. The Labute approximate surface area is 142 Å². The summed E-state index contributed by atoms with van der Waals surface area (Å²) in [6.07, 6.45) is 5.18. The zero-order valence-electron chi connectivity index (χ0n) is 13.7. The van der Waals surface area contributed by atoms with Crippen LogP contribution in [0, 0.1) is 0 Å². The number of nitrogens with one attached hydrogen (secondary N) is 2. The van der Waals surface area contributed by atoms with Gasteiger partial charge in [0.25, 0.3) is 0 Å². The summed E-state index contributed by atoms with van der Waals surface area (Å²) in [4.78, 5) is 7.34. The molecule has 0 aromatic carbocycles. The van der Waals surface area contributed by atoms with E-state index in [-0.39, 0.29) is 29.5 Å². The second-order valence-electron chi connectivity index (χ2n) is 5.98. The molecule has 1 saturated heterocycles. The molecule has 4 nitrogen and oxygen atoms in total. The van der Waals surface area contributed by atoms with Gasteiger partial charge in [-0.05, 0) is 53.1 Å². The first-order chi connectivity index (χ1) is 9.10. The maximum atomic E-state index is 4.75. The molecular formula is C15H33IN4. The van der Waals surface area contributed by atoms with Crippen molar-refractivity contribution in [1.82, 2.24) is 15.5 Å². The van der Waals surface area contributed by atoms with Crippen molar-refractivity contribution in [3.63, 3.8) is 0 Å². The topological polar surface area (TPSA) is 39.7 Å². The van der Waals surface area contributed by atoms with Gasteiger partial charge in [-0.15, -0.1) is 24.0 Å². The van der Waals surface area contributed by atoms with Crippen LogP contribution in [0.2, 0.25) is 0 Å². The molecule has 0 radical (unpaired) electrons. The van der Waals surface area contributed by atoms with E-state index < -0.39 is 0 Å². The molecule has 20 heavy (non-hydrogen) atoms. The van der Waals surface area contributed by atoms with Crippen LogP contribution in [0.1, 0.15) is 53.4 Å². The van der Waals surface area contributed by atoms with Crippen LogP contribution < -0.4 is 10.6 Å². The number of rotatable bonds is 6. The zero-order valence-corrected chi connectivity index (χ0v) is 16.0. The molecule has 0 saturated carbocycles. The lowest BCUT2D eigenvalue weighted by Gasteiger charge is -2.40. The van der Waals surface area contributed by atoms with Crippen LogP contribution in [0.15, 0.2) is 4.99 Å². The maximum absolute atomic E-state index is 4.75. The highest BCUT2D eigenvalue weighted by atomic mass is 127. The minimum Gasteiger partial charge on any atom is -0.357 e. The first kappa shape index (κ1) is 20.0. The number of nitrogens with zero attached hydrogens (tertiary/aromatic N) is 2. The van der Waals surface area contributed by atoms with Crippen LogP contribution >= 0.6 is 24.0 Å². The molecular weight excluding hydrogens is 363 g/mol. The summed E-state index contributed by atoms with van der Waals surface area (Å²) < 4.78 is 0. The van der Waals surface area contributed by atoms with Gasteiger partial charge in [-0.2, -0.15) is 0 Å². The van der Waals surface area contributed by atoms with Crippen LogP contribution in [-0.4, -0.2) is 49.1 Å². The van der Waals surface area contributed by atoms with Gasteiger partial charge in [0.2, 0.25) is 0 Å². The van der Waals surface area contributed by atoms with Gasteiger partial charge in [0.15, 0.2) is 5.96 Å². The molecule has 1 fully saturated rings. The average Bonchev–Trinajstić information content (AvgIpc) is 2.43. The molecule has 120 valence electrons. The van der Waals surface area contributed by atoms with Crippen LogP contribution in [0.3, 0.4) is 0 Å². The lowest BCUT2D eigenvalue weighted by atomic mass is 9.99. The van der Waals surface area contributed by atoms with E-state index >= 15 is 0 Å². The smallest absolute Gasteiger partial charge is 0.191 e. The standard InChI is InChI=1S/C15H32N4.HI/c1-5-10-17-14(16-6-2)18-13-15(3,4)19-11-8-7-9-12-19;/h5-13H2,1-4H3,(H2,16,17,18);1H. The van der Waals surface area contributed by atoms with Crippen molar-refractivity contribution in [3.8, 4) is 0 Å². The van der Waals surface area contributed by atoms with Crippen molar-refractivity contribution in [3.05, 3.63) is 0 Å². The van der Waals surface area contributed by atoms with Gasteiger partial charge in [-0.1, -0.05) is 13.3 Å². The van der Waals surface area contributed by atoms with Gasteiger partial charge >= 0.3 is 0 Å². The molecule has 0 bridgehead atoms. The van der Waals surface area contributed by atoms with Gasteiger partial charge in [-0.25, -0.2) is 0 Å². The van der Waals surface area contributed by atoms with Gasteiger partial charge in [0.1, 0.15) is 0 Å². The van der Waals surface area contributed by atoms with Crippen molar-refractivity contribution in [2.75, 3.05) is 32.7 Å². The Kier molecular flexibility index (Phi) is 10.6. The predicted molar refractivity (Wildman–Crippen MR) is 99.2 cm³/mol. The molecule has 0 aliphatic carbocycles. The molecule has 1 rings (SSSR count). The first-order valence-electron chi connectivity index (χ1n) is 7.87. The quantitative estimate of drug-likeness (QED) is 0.412. The fraction of sp³-hybridized carbons (Fsp3) is 0.933. The third-order valence-corrected chi connectivity index (χ3v) is 3.72. The van der Waals surface area contributed by atoms with Crippen molar-refractivity contribution in [1.29, 1.82) is 0 Å². The average molecular weight is 396 g/mol. The van der Waals surface area contributed by atoms with Crippen molar-refractivity contribution >= 4 is 29.9 Å². The van der Waals surface area contributed by atoms with E-state index in [2.05, 4.69) is 43.2 Å². The Morgan fingerprint density at radius 3 is 2.30 bits per heavy atom. The summed E-state index contributed by atoms with van der Waals surface area (Å²) in [6, 6.07) is 0. The highest BCUT2D eigenvalue weighted by molar-refractivity contribution is 14.0. The lowest BCUT2D eigenvalue weighted by Crippen LogP contribution is -2.49. The van der Waals surface area contributed by atoms with Gasteiger partial charge in [-0.3, -0.25) is 9.89 Å². The second kappa shape index (κ2) is 10.7. The van der Waals surface area contributed by atoms with Crippen molar-refractivity contribution < 1.29 is 0 Å². The fourth-order valence-corrected chi connectivity index (χ4v) is 2.46. The number of hydrogen-bond acceptors (Lipinski definition) is 2. The molecule has 0 atom stereocenters. The van der Waals surface area contributed by atoms with Crippen molar-refractivity contribution in [2.45, 2.75) is 58.9 Å². The zero-order chi connectivity index (χ0) is 14.1. The third-order valence-electron chi connectivity index (χ3n) is 3.72. The Morgan fingerprint density at radius 1 is 1.10 bits per heavy atom. The fourth-order valence-electron chi connectivity index (χ4n) is 2.46. The molecule has 2 N–H and O–H groups in total. The Morgan fingerprint density at radius 2 is 1.75 bits per heavy atom. The molecule has 1 aliphatic rings. The Balaban J connectivity index is 0.00000361. The van der Waals surface area contributed by atoms with E-state index in [0.717, 1.165) is 32.0 Å². The number of hydrogen-bond donors (Lipinski definition) is 2. The van der Waals surface area contributed by atoms with Crippen LogP contribution in [0.4, 0.5) is 0 Å². The molecule has 0 unspecified atom stereocenters. The molecule has 5 heteroatoms. The minimum atomic E-state index is 0. The summed E-state index contributed by atoms with van der Waals surface area (Å²) >= 11 is 0. The highest BCUT2D eigenvalue weighted by Gasteiger charge is 2.27. The van der Waals surface area contributed by atoms with Crippen LogP contribution in [0.25, 0.3) is 0 Å². The number of likely N-dealkylation sites (tertiary alicyclic amines) is 1. The lowest BCUT2D eigenvalue weighted by molar-refractivity contribution is 0.102. The summed E-state index contributed by atoms with van der Waals surface area (Å²) in [5.74, 6) is 0.953. The minimum absolute atomic E-state index is 0. The molecule has 0 aromatic rings. The Bertz CT molecular complexity index is 273. The molecule has 1 heterocycles. The van der Waals surface area contributed by atoms with Crippen LogP contribution in [-0.2, 0) is 0 Å². The summed E-state index contributed by atoms with van der Waals surface area (Å²) in [6.45, 7) is 14.1. The van der Waals surface area contributed by atoms with Gasteiger partial charge < -0.3 is 10.6 Å². The Hall–Kier alpha value is -0.0400. The SMILES string of the molecule is CCCNC(=NCC(C)(C)N1CCCCC1)NCC.I. The number of guanidine groups is 1. The monoisotopic (exact) mass is 396 g/mol. The molecule has 1 aliphatic heterocycles. The van der Waals surface area contributed by atoms with E-state index in [0.29, 0.717) is 0 Å². The maximum Gasteiger partial charge on any atom is 0.191 e. The summed E-state index contributed by atoms with van der Waals surface area (Å²) in [5.41, 5.74) is 0.162. The summed E-state index contributed by atoms with van der Waals surface area (Å²) in [5, 5.41) is 6.68. The second-order valence-corrected chi connectivity index (χ2v) is 5.98. The van der Waals surface area contributed by atoms with Crippen LogP contribution in [0.5, 0.6) is 0 Å². The van der Waals surface area contributed by atoms with Gasteiger partial charge in [0.05, 0.1) is 6.54 Å². The molecule has 0 amide bonds. The number of aliphatic imine (C=N–C) groups is 1. The van der Waals surface area contributed by atoms with Gasteiger partial charge in [0, 0.05) is 18.6 Å². The number of piperidine rings is 1. The van der Waals surface area contributed by atoms with E-state index in [1.165, 1.54) is 32.4 Å². The molecule has 0 spiro atoms. The predicted octanol–water partition coefficient (Wildman–Crippen LogP) is 2.83.